The minimum atomic E-state index is -4.02. The van der Waals surface area contributed by atoms with Crippen molar-refractivity contribution < 1.29 is 16.8 Å². The molecule has 25 heavy (non-hydrogen) atoms. The van der Waals surface area contributed by atoms with Crippen LogP contribution in [0.4, 0.5) is 0 Å². The van der Waals surface area contributed by atoms with Crippen molar-refractivity contribution in [3.05, 3.63) is 58.1 Å². The van der Waals surface area contributed by atoms with Crippen LogP contribution in [0.5, 0.6) is 0 Å². The van der Waals surface area contributed by atoms with E-state index in [1.54, 1.807) is 12.1 Å². The number of rotatable bonds is 6. The molecule has 136 valence electrons. The van der Waals surface area contributed by atoms with E-state index < -0.39 is 20.0 Å². The lowest BCUT2D eigenvalue weighted by Crippen LogP contribution is -2.27. The van der Waals surface area contributed by atoms with Gasteiger partial charge in [-0.3, -0.25) is 0 Å². The molecule has 6 nitrogen and oxygen atoms in total. The molecular formula is C15H16Cl2N2O4S2. The van der Waals surface area contributed by atoms with Crippen LogP contribution >= 0.6 is 23.2 Å². The molecule has 0 saturated carbocycles. The van der Waals surface area contributed by atoms with E-state index in [4.69, 9.17) is 23.2 Å². The summed E-state index contributed by atoms with van der Waals surface area (Å²) in [6, 6.07) is 10.5. The second kappa shape index (κ2) is 7.61. The quantitative estimate of drug-likeness (QED) is 0.775. The molecule has 10 heteroatoms. The smallest absolute Gasteiger partial charge is 0.207 e. The molecule has 0 fully saturated rings. The summed E-state index contributed by atoms with van der Waals surface area (Å²) in [6.45, 7) is -0.229. The number of nitrogens with zero attached hydrogens (tertiary/aromatic N) is 1. The van der Waals surface area contributed by atoms with E-state index in [9.17, 15) is 16.8 Å². The normalized spacial score (nSPS) is 12.5. The van der Waals surface area contributed by atoms with E-state index in [1.807, 2.05) is 0 Å². The van der Waals surface area contributed by atoms with Crippen molar-refractivity contribution in [3.63, 3.8) is 0 Å². The van der Waals surface area contributed by atoms with Gasteiger partial charge in [0.15, 0.2) is 0 Å². The summed E-state index contributed by atoms with van der Waals surface area (Å²) in [5.41, 5.74) is 0.308. The Bertz CT molecular complexity index is 970. The van der Waals surface area contributed by atoms with Gasteiger partial charge in [0.2, 0.25) is 20.0 Å². The number of hydrogen-bond acceptors (Lipinski definition) is 4. The lowest BCUT2D eigenvalue weighted by atomic mass is 10.2. The Morgan fingerprint density at radius 3 is 2.04 bits per heavy atom. The maximum absolute atomic E-state index is 12.5. The molecule has 0 heterocycles. The number of hydrogen-bond donors (Lipinski definition) is 1. The highest BCUT2D eigenvalue weighted by Crippen LogP contribution is 2.29. The Labute approximate surface area is 157 Å². The summed E-state index contributed by atoms with van der Waals surface area (Å²) in [5.74, 6) is 0. The van der Waals surface area contributed by atoms with Gasteiger partial charge in [0, 0.05) is 20.6 Å². The number of nitrogens with one attached hydrogen (secondary N) is 1. The van der Waals surface area contributed by atoms with Crippen molar-refractivity contribution in [1.29, 1.82) is 0 Å². The van der Waals surface area contributed by atoms with Crippen LogP contribution in [-0.4, -0.2) is 35.2 Å². The van der Waals surface area contributed by atoms with Crippen molar-refractivity contribution in [3.8, 4) is 0 Å². The van der Waals surface area contributed by atoms with Crippen LogP contribution in [0.1, 0.15) is 5.56 Å². The zero-order valence-electron chi connectivity index (χ0n) is 13.4. The first-order valence-electron chi connectivity index (χ1n) is 7.01. The van der Waals surface area contributed by atoms with Crippen molar-refractivity contribution >= 4 is 43.2 Å². The SMILES string of the molecule is CN(C)S(=O)(=O)c1ccccc1CNS(=O)(=O)c1c(Cl)cccc1Cl. The average molecular weight is 423 g/mol. The van der Waals surface area contributed by atoms with Gasteiger partial charge in [0.25, 0.3) is 0 Å². The molecule has 0 saturated heterocycles. The third-order valence-corrected chi connectivity index (χ3v) is 7.64. The van der Waals surface area contributed by atoms with Crippen molar-refractivity contribution in [1.82, 2.24) is 9.03 Å². The molecule has 0 spiro atoms. The Morgan fingerprint density at radius 1 is 0.920 bits per heavy atom. The van der Waals surface area contributed by atoms with Crippen LogP contribution in [0.15, 0.2) is 52.3 Å². The van der Waals surface area contributed by atoms with Crippen LogP contribution in [0, 0.1) is 0 Å². The van der Waals surface area contributed by atoms with Crippen molar-refractivity contribution in [2.24, 2.45) is 0 Å². The Balaban J connectivity index is 2.37. The van der Waals surface area contributed by atoms with Gasteiger partial charge in [-0.2, -0.15) is 0 Å². The van der Waals surface area contributed by atoms with E-state index >= 15 is 0 Å². The zero-order chi connectivity index (χ0) is 18.8. The maximum atomic E-state index is 12.5. The predicted molar refractivity (Wildman–Crippen MR) is 97.8 cm³/mol. The highest BCUT2D eigenvalue weighted by Gasteiger charge is 2.24. The molecule has 2 rings (SSSR count). The minimum absolute atomic E-state index is 0.0193. The molecule has 0 bridgehead atoms. The van der Waals surface area contributed by atoms with Gasteiger partial charge in [0.1, 0.15) is 4.90 Å². The van der Waals surface area contributed by atoms with Crippen LogP contribution in [0.25, 0.3) is 0 Å². The first-order chi connectivity index (χ1) is 11.6. The van der Waals surface area contributed by atoms with E-state index in [-0.39, 0.29) is 26.4 Å². The molecular weight excluding hydrogens is 407 g/mol. The topological polar surface area (TPSA) is 83.6 Å². The Morgan fingerprint density at radius 2 is 1.48 bits per heavy atom. The van der Waals surface area contributed by atoms with Gasteiger partial charge < -0.3 is 0 Å². The van der Waals surface area contributed by atoms with E-state index in [0.717, 1.165) is 4.31 Å². The lowest BCUT2D eigenvalue weighted by Gasteiger charge is -2.16. The fraction of sp³-hybridized carbons (Fsp3) is 0.200. The molecule has 0 aliphatic heterocycles. The molecule has 0 aromatic heterocycles. The summed E-state index contributed by atoms with van der Waals surface area (Å²) in [6.07, 6.45) is 0. The fourth-order valence-corrected chi connectivity index (χ4v) is 5.34. The molecule has 0 atom stereocenters. The fourth-order valence-electron chi connectivity index (χ4n) is 2.08. The maximum Gasteiger partial charge on any atom is 0.243 e. The molecule has 0 unspecified atom stereocenters. The van der Waals surface area contributed by atoms with Crippen molar-refractivity contribution in [2.45, 2.75) is 16.3 Å². The van der Waals surface area contributed by atoms with Gasteiger partial charge in [-0.1, -0.05) is 47.5 Å². The van der Waals surface area contributed by atoms with E-state index in [2.05, 4.69) is 4.72 Å². The molecule has 1 N–H and O–H groups in total. The first-order valence-corrected chi connectivity index (χ1v) is 10.7. The lowest BCUT2D eigenvalue weighted by molar-refractivity contribution is 0.519. The van der Waals surface area contributed by atoms with Gasteiger partial charge in [-0.25, -0.2) is 25.9 Å². The summed E-state index contributed by atoms with van der Waals surface area (Å²) >= 11 is 11.9. The third kappa shape index (κ3) is 4.33. The molecule has 2 aromatic rings. The first kappa shape index (κ1) is 20.2. The van der Waals surface area contributed by atoms with Gasteiger partial charge in [0.05, 0.1) is 14.9 Å². The van der Waals surface area contributed by atoms with Crippen molar-refractivity contribution in [2.75, 3.05) is 14.1 Å². The van der Waals surface area contributed by atoms with Gasteiger partial charge in [-0.05, 0) is 23.8 Å². The average Bonchev–Trinajstić information content (AvgIpc) is 2.52. The second-order valence-electron chi connectivity index (χ2n) is 5.27. The van der Waals surface area contributed by atoms with Gasteiger partial charge >= 0.3 is 0 Å². The molecule has 0 aliphatic rings. The highest BCUT2D eigenvalue weighted by atomic mass is 35.5. The monoisotopic (exact) mass is 422 g/mol. The summed E-state index contributed by atoms with van der Waals surface area (Å²) < 4.78 is 53.1. The summed E-state index contributed by atoms with van der Waals surface area (Å²) in [7, 11) is -4.93. The Kier molecular flexibility index (Phi) is 6.13. The van der Waals surface area contributed by atoms with Crippen LogP contribution in [0.2, 0.25) is 10.0 Å². The van der Waals surface area contributed by atoms with Crippen LogP contribution in [-0.2, 0) is 26.6 Å². The highest BCUT2D eigenvalue weighted by molar-refractivity contribution is 7.90. The van der Waals surface area contributed by atoms with Gasteiger partial charge in [-0.15, -0.1) is 0 Å². The largest absolute Gasteiger partial charge is 0.243 e. The third-order valence-electron chi connectivity index (χ3n) is 3.37. The summed E-state index contributed by atoms with van der Waals surface area (Å²) in [5, 5.41) is -0.0385. The minimum Gasteiger partial charge on any atom is -0.207 e. The summed E-state index contributed by atoms with van der Waals surface area (Å²) in [4.78, 5) is -0.223. The van der Waals surface area contributed by atoms with E-state index in [1.165, 1.54) is 44.4 Å². The molecule has 0 radical (unpaired) electrons. The predicted octanol–water partition coefficient (Wildman–Crippen LogP) is 2.72. The van der Waals surface area contributed by atoms with E-state index in [0.29, 0.717) is 5.56 Å². The molecule has 2 aromatic carbocycles. The van der Waals surface area contributed by atoms with Crippen LogP contribution in [0.3, 0.4) is 0 Å². The van der Waals surface area contributed by atoms with Crippen LogP contribution < -0.4 is 4.72 Å². The zero-order valence-corrected chi connectivity index (χ0v) is 16.5. The number of benzene rings is 2. The number of halogens is 2. The second-order valence-corrected chi connectivity index (χ2v) is 9.91. The standard InChI is InChI=1S/C15H16Cl2N2O4S2/c1-19(2)25(22,23)14-9-4-3-6-11(14)10-18-24(20,21)15-12(16)7-5-8-13(15)17/h3-9,18H,10H2,1-2H3. The number of sulfonamides is 2. The Hall–Kier alpha value is -1.16. The molecule has 0 amide bonds. The molecule has 0 aliphatic carbocycles.